The Labute approximate surface area is 276 Å². The van der Waals surface area contributed by atoms with E-state index in [0.717, 1.165) is 34.5 Å². The molecule has 1 amide bonds. The van der Waals surface area contributed by atoms with Gasteiger partial charge in [-0.25, -0.2) is 9.59 Å². The molecule has 5 aromatic rings. The molecule has 0 radical (unpaired) electrons. The molecule has 6 rings (SSSR count). The summed E-state index contributed by atoms with van der Waals surface area (Å²) in [5.41, 5.74) is 5.10. The van der Waals surface area contributed by atoms with Gasteiger partial charge in [0.05, 0.1) is 11.0 Å². The van der Waals surface area contributed by atoms with Gasteiger partial charge in [0.15, 0.2) is 0 Å². The zero-order chi connectivity index (χ0) is 31.0. The number of aromatic amines is 1. The number of ether oxygens (including phenoxy) is 2. The zero-order valence-corrected chi connectivity index (χ0v) is 26.9. The number of aromatic nitrogens is 2. The first-order valence-corrected chi connectivity index (χ1v) is 15.7. The van der Waals surface area contributed by atoms with Crippen molar-refractivity contribution in [3.63, 3.8) is 0 Å². The molecule has 240 valence electrons. The van der Waals surface area contributed by atoms with Crippen LogP contribution < -0.4 is 10.4 Å². The van der Waals surface area contributed by atoms with Crippen LogP contribution in [0.1, 0.15) is 42.5 Å². The number of carbonyl (C=O) groups is 1. The highest BCUT2D eigenvalue weighted by Gasteiger charge is 2.27. The van der Waals surface area contributed by atoms with Gasteiger partial charge in [-0.1, -0.05) is 84.9 Å². The SMILES string of the molecule is C[C@@H](COC(=O)N1CCC(n2c(=O)[nH]c3ccccc32)CC1)N(Cc1ccccc1)Cc1cccc(OCc2ccccc2)c1.Cl. The van der Waals surface area contributed by atoms with E-state index in [4.69, 9.17) is 9.47 Å². The molecule has 2 heterocycles. The molecule has 0 bridgehead atoms. The molecule has 0 spiro atoms. The summed E-state index contributed by atoms with van der Waals surface area (Å²) >= 11 is 0. The highest BCUT2D eigenvalue weighted by atomic mass is 35.5. The van der Waals surface area contributed by atoms with Gasteiger partial charge in [0.25, 0.3) is 0 Å². The molecule has 1 aliphatic rings. The van der Waals surface area contributed by atoms with Crippen molar-refractivity contribution in [2.75, 3.05) is 19.7 Å². The lowest BCUT2D eigenvalue weighted by molar-refractivity contribution is 0.0567. The second-order valence-corrected chi connectivity index (χ2v) is 11.8. The first-order chi connectivity index (χ1) is 22.0. The number of rotatable bonds is 11. The van der Waals surface area contributed by atoms with Crippen molar-refractivity contribution in [2.45, 2.75) is 51.5 Å². The third kappa shape index (κ3) is 8.19. The Morgan fingerprint density at radius 2 is 1.48 bits per heavy atom. The van der Waals surface area contributed by atoms with E-state index in [2.05, 4.69) is 53.2 Å². The van der Waals surface area contributed by atoms with Crippen molar-refractivity contribution in [2.24, 2.45) is 0 Å². The molecule has 1 aliphatic heterocycles. The largest absolute Gasteiger partial charge is 0.489 e. The summed E-state index contributed by atoms with van der Waals surface area (Å²) in [7, 11) is 0. The number of nitrogens with zero attached hydrogens (tertiary/aromatic N) is 3. The van der Waals surface area contributed by atoms with Crippen LogP contribution in [0.4, 0.5) is 4.79 Å². The van der Waals surface area contributed by atoms with E-state index in [0.29, 0.717) is 39.1 Å². The molecule has 1 saturated heterocycles. The van der Waals surface area contributed by atoms with Gasteiger partial charge in [0, 0.05) is 38.3 Å². The Morgan fingerprint density at radius 1 is 0.848 bits per heavy atom. The van der Waals surface area contributed by atoms with Gasteiger partial charge in [-0.15, -0.1) is 12.4 Å². The fraction of sp³-hybridized carbons (Fsp3) is 0.297. The fourth-order valence-corrected chi connectivity index (χ4v) is 6.03. The van der Waals surface area contributed by atoms with Crippen LogP contribution in [-0.2, 0) is 24.4 Å². The predicted octanol–water partition coefficient (Wildman–Crippen LogP) is 7.19. The molecule has 0 aliphatic carbocycles. The molecular formula is C37H41ClN4O4. The number of para-hydroxylation sites is 2. The molecule has 1 N–H and O–H groups in total. The third-order valence-electron chi connectivity index (χ3n) is 8.54. The monoisotopic (exact) mass is 640 g/mol. The summed E-state index contributed by atoms with van der Waals surface area (Å²) in [4.78, 5) is 32.8. The number of hydrogen-bond donors (Lipinski definition) is 1. The summed E-state index contributed by atoms with van der Waals surface area (Å²) in [5, 5.41) is 0. The van der Waals surface area contributed by atoms with Gasteiger partial charge >= 0.3 is 11.8 Å². The Balaban J connectivity index is 0.00000417. The first-order valence-electron chi connectivity index (χ1n) is 15.7. The minimum absolute atomic E-state index is 0. The molecule has 8 nitrogen and oxygen atoms in total. The molecule has 1 aromatic heterocycles. The Kier molecular flexibility index (Phi) is 11.2. The second kappa shape index (κ2) is 15.7. The zero-order valence-electron chi connectivity index (χ0n) is 26.1. The number of piperidine rings is 1. The first kappa shape index (κ1) is 32.9. The summed E-state index contributed by atoms with van der Waals surface area (Å²) in [6.07, 6.45) is 1.10. The number of fused-ring (bicyclic) bond motifs is 1. The minimum Gasteiger partial charge on any atom is -0.489 e. The summed E-state index contributed by atoms with van der Waals surface area (Å²) in [6, 6.07) is 36.5. The van der Waals surface area contributed by atoms with Crippen LogP contribution in [0.2, 0.25) is 0 Å². The van der Waals surface area contributed by atoms with Crippen LogP contribution in [0.15, 0.2) is 114 Å². The number of nitrogens with one attached hydrogen (secondary N) is 1. The van der Waals surface area contributed by atoms with Crippen molar-refractivity contribution < 1.29 is 14.3 Å². The van der Waals surface area contributed by atoms with Gasteiger partial charge in [-0.2, -0.15) is 0 Å². The van der Waals surface area contributed by atoms with Gasteiger partial charge < -0.3 is 19.4 Å². The normalized spacial score (nSPS) is 14.2. The number of imidazole rings is 1. The highest BCUT2D eigenvalue weighted by molar-refractivity contribution is 5.85. The summed E-state index contributed by atoms with van der Waals surface area (Å²) in [6.45, 7) is 5.39. The molecule has 0 unspecified atom stereocenters. The standard InChI is InChI=1S/C37H40N4O4.ClH/c1-28(26-45-37(43)39-21-19-32(20-22-39)41-35-18-9-8-17-34(35)38-36(41)42)40(24-29-11-4-2-5-12-29)25-31-15-10-16-33(23-31)44-27-30-13-6-3-7-14-30;/h2-18,23,28,32H,19-22,24-27H2,1H3,(H,38,42);1H/t28-;/m0./s1. The number of H-pyrrole nitrogens is 1. The lowest BCUT2D eigenvalue weighted by atomic mass is 10.0. The molecule has 46 heavy (non-hydrogen) atoms. The molecular weight excluding hydrogens is 600 g/mol. The topological polar surface area (TPSA) is 79.8 Å². The van der Waals surface area contributed by atoms with Crippen LogP contribution in [-0.4, -0.2) is 51.2 Å². The minimum atomic E-state index is -0.303. The molecule has 1 atom stereocenters. The van der Waals surface area contributed by atoms with E-state index < -0.39 is 0 Å². The highest BCUT2D eigenvalue weighted by Crippen LogP contribution is 2.25. The molecule has 9 heteroatoms. The number of likely N-dealkylation sites (tertiary alicyclic amines) is 1. The van der Waals surface area contributed by atoms with E-state index >= 15 is 0 Å². The quantitative estimate of drug-likeness (QED) is 0.165. The number of benzene rings is 4. The Hall–Kier alpha value is -4.53. The maximum atomic E-state index is 13.1. The average Bonchev–Trinajstić information content (AvgIpc) is 3.42. The van der Waals surface area contributed by atoms with Crippen molar-refractivity contribution >= 4 is 29.5 Å². The predicted molar refractivity (Wildman–Crippen MR) is 183 cm³/mol. The number of amides is 1. The summed E-state index contributed by atoms with van der Waals surface area (Å²) < 4.78 is 13.8. The van der Waals surface area contributed by atoms with E-state index in [1.54, 1.807) is 4.90 Å². The number of carbonyl (C=O) groups excluding carboxylic acids is 1. The number of halogens is 1. The Morgan fingerprint density at radius 3 is 2.22 bits per heavy atom. The maximum Gasteiger partial charge on any atom is 0.409 e. The van der Waals surface area contributed by atoms with Crippen molar-refractivity contribution in [3.05, 3.63) is 136 Å². The smallest absolute Gasteiger partial charge is 0.409 e. The van der Waals surface area contributed by atoms with Gasteiger partial charge in [0.1, 0.15) is 19.0 Å². The second-order valence-electron chi connectivity index (χ2n) is 11.8. The summed E-state index contributed by atoms with van der Waals surface area (Å²) in [5.74, 6) is 0.827. The van der Waals surface area contributed by atoms with Crippen molar-refractivity contribution in [1.29, 1.82) is 0 Å². The van der Waals surface area contributed by atoms with Crippen LogP contribution in [0.5, 0.6) is 5.75 Å². The van der Waals surface area contributed by atoms with Crippen molar-refractivity contribution in [1.82, 2.24) is 19.4 Å². The lowest BCUT2D eigenvalue weighted by Gasteiger charge is -2.33. The molecule has 4 aromatic carbocycles. The van der Waals surface area contributed by atoms with E-state index in [1.165, 1.54) is 5.56 Å². The lowest BCUT2D eigenvalue weighted by Crippen LogP contribution is -2.42. The van der Waals surface area contributed by atoms with Gasteiger partial charge in [0.2, 0.25) is 0 Å². The van der Waals surface area contributed by atoms with E-state index in [1.807, 2.05) is 77.4 Å². The fourth-order valence-electron chi connectivity index (χ4n) is 6.03. The van der Waals surface area contributed by atoms with Crippen molar-refractivity contribution in [3.8, 4) is 5.75 Å². The molecule has 1 fully saturated rings. The third-order valence-corrected chi connectivity index (χ3v) is 8.54. The van der Waals surface area contributed by atoms with Gasteiger partial charge in [-0.3, -0.25) is 9.47 Å². The maximum absolute atomic E-state index is 13.1. The van der Waals surface area contributed by atoms with E-state index in [-0.39, 0.29) is 42.9 Å². The average molecular weight is 641 g/mol. The Bertz CT molecular complexity index is 1750. The van der Waals surface area contributed by atoms with Crippen LogP contribution in [0.3, 0.4) is 0 Å². The van der Waals surface area contributed by atoms with Crippen LogP contribution in [0, 0.1) is 0 Å². The van der Waals surface area contributed by atoms with Crippen LogP contribution in [0.25, 0.3) is 11.0 Å². The van der Waals surface area contributed by atoms with E-state index in [9.17, 15) is 9.59 Å². The van der Waals surface area contributed by atoms with Gasteiger partial charge in [-0.05, 0) is 60.7 Å². The van der Waals surface area contributed by atoms with Crippen LogP contribution >= 0.6 is 12.4 Å². The number of hydrogen-bond acceptors (Lipinski definition) is 5. The molecule has 0 saturated carbocycles.